The highest BCUT2D eigenvalue weighted by Crippen LogP contribution is 2.38. The fourth-order valence-electron chi connectivity index (χ4n) is 7.62. The zero-order valence-electron chi connectivity index (χ0n) is 44.3. The number of rotatable bonds is 49. The van der Waals surface area contributed by atoms with Gasteiger partial charge in [0.25, 0.3) is 7.82 Å². The molecule has 9 nitrogen and oxygen atoms in total. The van der Waals surface area contributed by atoms with E-state index in [-0.39, 0.29) is 25.4 Å². The smallest absolute Gasteiger partial charge is 0.306 e. The van der Waals surface area contributed by atoms with Crippen molar-refractivity contribution in [1.82, 2.24) is 5.32 Å². The second kappa shape index (κ2) is 47.4. The van der Waals surface area contributed by atoms with Crippen molar-refractivity contribution in [2.75, 3.05) is 40.9 Å². The second-order valence-electron chi connectivity index (χ2n) is 19.8. The van der Waals surface area contributed by atoms with E-state index in [1.54, 1.807) is 6.08 Å². The fraction of sp³-hybridized carbons (Fsp3) is 0.789. The molecular formula is C57H105N2O7P. The van der Waals surface area contributed by atoms with Gasteiger partial charge in [0.1, 0.15) is 19.3 Å². The van der Waals surface area contributed by atoms with Crippen LogP contribution < -0.4 is 10.2 Å². The molecule has 0 aromatic rings. The van der Waals surface area contributed by atoms with E-state index >= 15 is 0 Å². The van der Waals surface area contributed by atoms with Crippen LogP contribution >= 0.6 is 7.82 Å². The van der Waals surface area contributed by atoms with Crippen molar-refractivity contribution in [3.63, 3.8) is 0 Å². The van der Waals surface area contributed by atoms with Gasteiger partial charge >= 0.3 is 5.97 Å². The molecule has 1 amide bonds. The fourth-order valence-corrected chi connectivity index (χ4v) is 8.35. The number of nitrogens with zero attached hydrogens (tertiary/aromatic N) is 1. The highest BCUT2D eigenvalue weighted by atomic mass is 31.2. The van der Waals surface area contributed by atoms with Crippen LogP contribution in [0.1, 0.15) is 239 Å². The van der Waals surface area contributed by atoms with Gasteiger partial charge in [0, 0.05) is 12.8 Å². The van der Waals surface area contributed by atoms with Crippen LogP contribution in [0.25, 0.3) is 0 Å². The highest BCUT2D eigenvalue weighted by Gasteiger charge is 2.27. The van der Waals surface area contributed by atoms with Crippen molar-refractivity contribution < 1.29 is 37.3 Å². The Kier molecular flexibility index (Phi) is 45.8. The van der Waals surface area contributed by atoms with Crippen LogP contribution in [0.15, 0.2) is 60.8 Å². The number of allylic oxidation sites excluding steroid dienone is 9. The molecule has 3 atom stereocenters. The molecule has 0 radical (unpaired) electrons. The summed E-state index contributed by atoms with van der Waals surface area (Å²) in [6, 6.07) is -0.923. The van der Waals surface area contributed by atoms with E-state index in [0.29, 0.717) is 23.9 Å². The average molecular weight is 961 g/mol. The Bertz CT molecular complexity index is 1340. The van der Waals surface area contributed by atoms with Gasteiger partial charge in [-0.15, -0.1) is 0 Å². The molecule has 0 aliphatic heterocycles. The zero-order valence-corrected chi connectivity index (χ0v) is 45.2. The number of phosphoric acid groups is 1. The lowest BCUT2D eigenvalue weighted by molar-refractivity contribution is -0.870. The minimum atomic E-state index is -4.71. The molecule has 0 rings (SSSR count). The SMILES string of the molecule is CCCCCCCC/C=C\C/C=C/CCC(=O)OC(/C=C/CCCCCCCCCCCC)C(COP(=O)([O-])OCC[N+](C)(C)C)NC(=O)CCCCC/C=C/C=C/CCCCCCCCC. The summed E-state index contributed by atoms with van der Waals surface area (Å²) >= 11 is 0. The molecule has 0 saturated carbocycles. The summed E-state index contributed by atoms with van der Waals surface area (Å²) in [4.78, 5) is 39.7. The first-order valence-corrected chi connectivity index (χ1v) is 29.1. The molecule has 0 bridgehead atoms. The molecule has 0 spiro atoms. The summed E-state index contributed by atoms with van der Waals surface area (Å²) in [5, 5.41) is 2.98. The molecule has 0 aliphatic rings. The number of likely N-dealkylation sites (N-methyl/N-ethyl adjacent to an activating group) is 1. The van der Waals surface area contributed by atoms with E-state index in [1.807, 2.05) is 33.3 Å². The summed E-state index contributed by atoms with van der Waals surface area (Å²) in [5.41, 5.74) is 0. The van der Waals surface area contributed by atoms with Crippen LogP contribution in [0.2, 0.25) is 0 Å². The first-order valence-electron chi connectivity index (χ1n) is 27.6. The van der Waals surface area contributed by atoms with Crippen LogP contribution in [-0.2, 0) is 27.9 Å². The van der Waals surface area contributed by atoms with Gasteiger partial charge < -0.3 is 28.5 Å². The van der Waals surface area contributed by atoms with Crippen molar-refractivity contribution in [3.8, 4) is 0 Å². The normalized spacial score (nSPS) is 14.3. The van der Waals surface area contributed by atoms with Crippen molar-refractivity contribution in [2.45, 2.75) is 251 Å². The maximum absolute atomic E-state index is 13.4. The highest BCUT2D eigenvalue weighted by molar-refractivity contribution is 7.45. The van der Waals surface area contributed by atoms with Crippen molar-refractivity contribution >= 4 is 19.7 Å². The number of quaternary nitrogens is 1. The van der Waals surface area contributed by atoms with E-state index in [2.05, 4.69) is 68.6 Å². The number of nitrogens with one attached hydrogen (secondary N) is 1. The summed E-state index contributed by atoms with van der Waals surface area (Å²) in [6.45, 7) is 6.76. The zero-order chi connectivity index (χ0) is 49.4. The molecule has 390 valence electrons. The van der Waals surface area contributed by atoms with Crippen molar-refractivity contribution in [1.29, 1.82) is 0 Å². The number of carbonyl (C=O) groups excluding carboxylic acids is 2. The van der Waals surface area contributed by atoms with Gasteiger partial charge in [-0.3, -0.25) is 14.2 Å². The number of phosphoric ester groups is 1. The minimum absolute atomic E-state index is 0.0361. The Labute approximate surface area is 413 Å². The molecule has 67 heavy (non-hydrogen) atoms. The van der Waals surface area contributed by atoms with Crippen molar-refractivity contribution in [3.05, 3.63) is 60.8 Å². The molecule has 0 aliphatic carbocycles. The van der Waals surface area contributed by atoms with E-state index in [4.69, 9.17) is 13.8 Å². The first-order chi connectivity index (χ1) is 32.4. The third-order valence-electron chi connectivity index (χ3n) is 12.0. The second-order valence-corrected chi connectivity index (χ2v) is 21.2. The Morgan fingerprint density at radius 1 is 0.537 bits per heavy atom. The summed E-state index contributed by atoms with van der Waals surface area (Å²) in [6.07, 6.45) is 57.7. The summed E-state index contributed by atoms with van der Waals surface area (Å²) in [5.74, 6) is -0.651. The van der Waals surface area contributed by atoms with Crippen LogP contribution in [0.4, 0.5) is 0 Å². The number of amides is 1. The molecule has 0 aromatic carbocycles. The number of unbranched alkanes of at least 4 members (excludes halogenated alkanes) is 26. The quantitative estimate of drug-likeness (QED) is 0.0161. The Morgan fingerprint density at radius 2 is 0.970 bits per heavy atom. The van der Waals surface area contributed by atoms with Crippen LogP contribution in [0.3, 0.4) is 0 Å². The summed E-state index contributed by atoms with van der Waals surface area (Å²) in [7, 11) is 1.14. The predicted octanol–water partition coefficient (Wildman–Crippen LogP) is 15.7. The van der Waals surface area contributed by atoms with Gasteiger partial charge in [-0.25, -0.2) is 0 Å². The van der Waals surface area contributed by atoms with Gasteiger partial charge in [-0.05, 0) is 76.7 Å². The Morgan fingerprint density at radius 3 is 1.46 bits per heavy atom. The lowest BCUT2D eigenvalue weighted by Crippen LogP contribution is -2.47. The van der Waals surface area contributed by atoms with Crippen LogP contribution in [0.5, 0.6) is 0 Å². The van der Waals surface area contributed by atoms with Gasteiger partial charge in [-0.1, -0.05) is 210 Å². The van der Waals surface area contributed by atoms with Gasteiger partial charge in [0.05, 0.1) is 33.8 Å². The number of hydrogen-bond donors (Lipinski definition) is 1. The minimum Gasteiger partial charge on any atom is -0.756 e. The molecule has 0 heterocycles. The maximum Gasteiger partial charge on any atom is 0.306 e. The molecular weight excluding hydrogens is 856 g/mol. The molecule has 0 fully saturated rings. The standard InChI is InChI=1S/C57H105N2O7P/c1-7-10-13-16-19-22-25-28-29-30-32-34-37-40-43-46-49-56(60)58-54(53-65-67(62,63)64-52-51-59(4,5)6)55(48-45-42-39-36-33-27-24-21-18-15-12-9-3)66-57(61)50-47-44-41-38-35-31-26-23-20-17-14-11-8-2/h29-32,34-35,41,44-45,48,54-55H,7-28,33,36-40,42-43,46-47,49-53H2,1-6H3,(H-,58,60,62,63)/b30-29+,34-32+,35-31-,44-41+,48-45+. The van der Waals surface area contributed by atoms with Crippen LogP contribution in [-0.4, -0.2) is 69.4 Å². The average Bonchev–Trinajstić information content (AvgIpc) is 3.28. The number of esters is 1. The predicted molar refractivity (Wildman–Crippen MR) is 284 cm³/mol. The first kappa shape index (κ1) is 64.7. The number of hydrogen-bond acceptors (Lipinski definition) is 7. The largest absolute Gasteiger partial charge is 0.756 e. The number of ether oxygens (including phenoxy) is 1. The number of carbonyl (C=O) groups is 2. The van der Waals surface area contributed by atoms with Crippen molar-refractivity contribution in [2.24, 2.45) is 0 Å². The monoisotopic (exact) mass is 961 g/mol. The third-order valence-corrected chi connectivity index (χ3v) is 12.9. The molecule has 0 saturated heterocycles. The van der Waals surface area contributed by atoms with E-state index in [1.165, 1.54) is 135 Å². The molecule has 3 unspecified atom stereocenters. The van der Waals surface area contributed by atoms with E-state index < -0.39 is 32.5 Å². The van der Waals surface area contributed by atoms with Crippen LogP contribution in [0, 0.1) is 0 Å². The lowest BCUT2D eigenvalue weighted by Gasteiger charge is -2.30. The van der Waals surface area contributed by atoms with E-state index in [0.717, 1.165) is 57.8 Å². The van der Waals surface area contributed by atoms with Gasteiger partial charge in [-0.2, -0.15) is 0 Å². The lowest BCUT2D eigenvalue weighted by atomic mass is 10.1. The third kappa shape index (κ3) is 48.5. The molecule has 1 N–H and O–H groups in total. The van der Waals surface area contributed by atoms with Gasteiger partial charge in [0.15, 0.2) is 0 Å². The topological polar surface area (TPSA) is 114 Å². The van der Waals surface area contributed by atoms with Gasteiger partial charge in [0.2, 0.25) is 5.91 Å². The van der Waals surface area contributed by atoms with E-state index in [9.17, 15) is 19.0 Å². The molecule has 10 heteroatoms. The summed E-state index contributed by atoms with van der Waals surface area (Å²) < 4.78 is 30.1. The molecule has 0 aromatic heterocycles. The Hall–Kier alpha value is -2.29. The maximum atomic E-state index is 13.4. The Balaban J connectivity index is 5.51.